The number of aliphatic hydroxyl groups excluding tert-OH is 2. The Morgan fingerprint density at radius 3 is 2.67 bits per heavy atom. The van der Waals surface area contributed by atoms with Crippen LogP contribution in [0.15, 0.2) is 64.4 Å². The van der Waals surface area contributed by atoms with Crippen LogP contribution in [0.4, 0.5) is 0 Å². The number of carbonyl (C=O) groups excluding carboxylic acids is 2. The average Bonchev–Trinajstić information content (AvgIpc) is 3.46. The molecule has 0 saturated carbocycles. The SMILES string of the molecule is C/C(=C/C=C/C(C)=C/c1coc(C)n1)C(O)C(C)C1CC(O)C2(C)OC2/C=C\C(C)C2CC(C/C=C/C(=O)O1)CC(=O)O2. The minimum Gasteiger partial charge on any atom is -0.462 e. The molecule has 0 aliphatic carbocycles. The van der Waals surface area contributed by atoms with Crippen molar-refractivity contribution in [1.29, 1.82) is 0 Å². The molecule has 1 aromatic rings. The number of oxazole rings is 1. The van der Waals surface area contributed by atoms with Crippen LogP contribution >= 0.6 is 0 Å². The highest BCUT2D eigenvalue weighted by Crippen LogP contribution is 2.43. The van der Waals surface area contributed by atoms with E-state index in [2.05, 4.69) is 4.98 Å². The van der Waals surface area contributed by atoms with Crippen LogP contribution < -0.4 is 0 Å². The molecule has 3 aliphatic heterocycles. The Bertz CT molecular complexity index is 1300. The van der Waals surface area contributed by atoms with Gasteiger partial charge in [0.1, 0.15) is 35.9 Å². The first kappa shape index (κ1) is 32.6. The van der Waals surface area contributed by atoms with Gasteiger partial charge in [-0.25, -0.2) is 9.78 Å². The summed E-state index contributed by atoms with van der Waals surface area (Å²) in [6, 6.07) is 0. The van der Waals surface area contributed by atoms with E-state index in [9.17, 15) is 19.8 Å². The molecule has 3 aliphatic rings. The van der Waals surface area contributed by atoms with Crippen LogP contribution in [-0.4, -0.2) is 63.3 Å². The fourth-order valence-electron chi connectivity index (χ4n) is 5.72. The first-order valence-electron chi connectivity index (χ1n) is 15.1. The van der Waals surface area contributed by atoms with Gasteiger partial charge in [0.05, 0.1) is 12.2 Å². The predicted molar refractivity (Wildman–Crippen MR) is 161 cm³/mol. The fourth-order valence-corrected chi connectivity index (χ4v) is 5.72. The minimum absolute atomic E-state index is 0.0169. The van der Waals surface area contributed by atoms with Gasteiger partial charge in [-0.3, -0.25) is 4.79 Å². The number of aliphatic hydroxyl groups is 2. The van der Waals surface area contributed by atoms with Crippen molar-refractivity contribution in [2.45, 2.75) is 103 Å². The van der Waals surface area contributed by atoms with E-state index in [1.54, 1.807) is 26.2 Å². The third-order valence-corrected chi connectivity index (χ3v) is 8.76. The molecule has 0 spiro atoms. The molecule has 2 saturated heterocycles. The molecule has 1 aromatic heterocycles. The Labute approximate surface area is 254 Å². The summed E-state index contributed by atoms with van der Waals surface area (Å²) in [5.74, 6) is -0.667. The van der Waals surface area contributed by atoms with Crippen LogP contribution in [0.1, 0.15) is 71.9 Å². The highest BCUT2D eigenvalue weighted by atomic mass is 16.6. The Kier molecular flexibility index (Phi) is 10.6. The molecule has 9 unspecified atom stereocenters. The van der Waals surface area contributed by atoms with Gasteiger partial charge in [0.15, 0.2) is 5.89 Å². The summed E-state index contributed by atoms with van der Waals surface area (Å²) in [7, 11) is 0. The number of allylic oxidation sites excluding steroid dienone is 5. The van der Waals surface area contributed by atoms with Crippen LogP contribution in [0.25, 0.3) is 6.08 Å². The van der Waals surface area contributed by atoms with Gasteiger partial charge < -0.3 is 28.8 Å². The van der Waals surface area contributed by atoms with Crippen molar-refractivity contribution in [2.75, 3.05) is 0 Å². The predicted octanol–water partition coefficient (Wildman–Crippen LogP) is 5.18. The summed E-state index contributed by atoms with van der Waals surface area (Å²) < 4.78 is 22.6. The van der Waals surface area contributed by atoms with Gasteiger partial charge in [0.25, 0.3) is 0 Å². The third-order valence-electron chi connectivity index (χ3n) is 8.76. The molecule has 4 rings (SSSR count). The van der Waals surface area contributed by atoms with Gasteiger partial charge in [-0.15, -0.1) is 0 Å². The van der Waals surface area contributed by atoms with Crippen molar-refractivity contribution in [3.05, 3.63) is 71.5 Å². The first-order valence-corrected chi connectivity index (χ1v) is 15.1. The van der Waals surface area contributed by atoms with Crippen molar-refractivity contribution in [3.63, 3.8) is 0 Å². The number of nitrogens with zero attached hydrogens (tertiary/aromatic N) is 1. The van der Waals surface area contributed by atoms with Crippen LogP contribution in [0.5, 0.6) is 0 Å². The van der Waals surface area contributed by atoms with E-state index >= 15 is 0 Å². The monoisotopic (exact) mass is 595 g/mol. The molecule has 2 fully saturated rings. The largest absolute Gasteiger partial charge is 0.462 e. The zero-order valence-electron chi connectivity index (χ0n) is 25.9. The number of ether oxygens (including phenoxy) is 3. The van der Waals surface area contributed by atoms with Crippen molar-refractivity contribution >= 4 is 18.0 Å². The van der Waals surface area contributed by atoms with E-state index in [0.717, 1.165) is 11.3 Å². The van der Waals surface area contributed by atoms with Crippen LogP contribution in [-0.2, 0) is 23.8 Å². The number of hydrogen-bond donors (Lipinski definition) is 2. The van der Waals surface area contributed by atoms with E-state index in [4.69, 9.17) is 18.6 Å². The molecule has 9 heteroatoms. The van der Waals surface area contributed by atoms with E-state index in [0.29, 0.717) is 30.7 Å². The minimum atomic E-state index is -0.948. The summed E-state index contributed by atoms with van der Waals surface area (Å²) in [6.07, 6.45) is 14.5. The van der Waals surface area contributed by atoms with Crippen molar-refractivity contribution in [3.8, 4) is 0 Å². The molecular weight excluding hydrogens is 550 g/mol. The topological polar surface area (TPSA) is 132 Å². The molecule has 4 heterocycles. The number of carbonyl (C=O) groups is 2. The molecule has 0 aromatic carbocycles. The van der Waals surface area contributed by atoms with E-state index in [1.165, 1.54) is 6.08 Å². The van der Waals surface area contributed by atoms with Crippen molar-refractivity contribution < 1.29 is 38.4 Å². The van der Waals surface area contributed by atoms with Crippen LogP contribution in [0, 0.1) is 24.7 Å². The second-order valence-electron chi connectivity index (χ2n) is 12.4. The number of esters is 2. The second-order valence-corrected chi connectivity index (χ2v) is 12.4. The zero-order valence-corrected chi connectivity index (χ0v) is 25.9. The Hall–Kier alpha value is -3.27. The van der Waals surface area contributed by atoms with Crippen LogP contribution in [0.3, 0.4) is 0 Å². The van der Waals surface area contributed by atoms with Gasteiger partial charge in [-0.2, -0.15) is 0 Å². The molecule has 0 amide bonds. The number of rotatable bonds is 6. The van der Waals surface area contributed by atoms with E-state index in [-0.39, 0.29) is 36.4 Å². The fraction of sp³-hybridized carbons (Fsp3) is 0.559. The number of aryl methyl sites for hydroxylation is 1. The summed E-state index contributed by atoms with van der Waals surface area (Å²) >= 11 is 0. The van der Waals surface area contributed by atoms with E-state index in [1.807, 2.05) is 64.2 Å². The Morgan fingerprint density at radius 1 is 1.19 bits per heavy atom. The lowest BCUT2D eigenvalue weighted by molar-refractivity contribution is -0.158. The maximum atomic E-state index is 12.9. The van der Waals surface area contributed by atoms with Gasteiger partial charge in [-0.1, -0.05) is 50.3 Å². The molecule has 0 radical (unpaired) electrons. The quantitative estimate of drug-likeness (QED) is 0.198. The summed E-state index contributed by atoms with van der Waals surface area (Å²) in [6.45, 7) is 11.2. The van der Waals surface area contributed by atoms with Crippen LogP contribution in [0.2, 0.25) is 0 Å². The summed E-state index contributed by atoms with van der Waals surface area (Å²) in [5.41, 5.74) is 1.51. The van der Waals surface area contributed by atoms with Gasteiger partial charge in [-0.05, 0) is 56.8 Å². The first-order chi connectivity index (χ1) is 20.4. The van der Waals surface area contributed by atoms with Gasteiger partial charge in [0.2, 0.25) is 0 Å². The highest BCUT2D eigenvalue weighted by Gasteiger charge is 2.57. The molecule has 9 nitrogen and oxygen atoms in total. The Morgan fingerprint density at radius 2 is 1.95 bits per heavy atom. The maximum Gasteiger partial charge on any atom is 0.330 e. The molecular formula is C34H45NO8. The number of fused-ring (bicyclic) bond motifs is 3. The van der Waals surface area contributed by atoms with Gasteiger partial charge in [0, 0.05) is 37.7 Å². The summed E-state index contributed by atoms with van der Waals surface area (Å²) in [4.78, 5) is 29.4. The lowest BCUT2D eigenvalue weighted by Gasteiger charge is -2.31. The molecule has 9 atom stereocenters. The van der Waals surface area contributed by atoms with Gasteiger partial charge >= 0.3 is 11.9 Å². The smallest absolute Gasteiger partial charge is 0.330 e. The van der Waals surface area contributed by atoms with Crippen molar-refractivity contribution in [1.82, 2.24) is 4.98 Å². The molecule has 2 N–H and O–H groups in total. The molecule has 43 heavy (non-hydrogen) atoms. The standard InChI is InChI=1S/C34H45NO8/c1-20(15-26-19-40-24(5)35-26)9-7-10-22(3)33(39)23(4)28-18-29(36)34(6)30(43-34)14-13-21(2)27-16-25(17-32(38)41-27)11-8-12-31(37)42-28/h7-10,12-15,19,21,23,25,27-30,33,36,39H,11,16-18H2,1-6H3/b9-7+,12-8+,14-13-,20-15+,22-10-. The number of epoxide rings is 1. The number of hydrogen-bond acceptors (Lipinski definition) is 9. The molecule has 234 valence electrons. The van der Waals surface area contributed by atoms with E-state index < -0.39 is 35.8 Å². The maximum absolute atomic E-state index is 12.9. The highest BCUT2D eigenvalue weighted by molar-refractivity contribution is 5.82. The number of aromatic nitrogens is 1. The summed E-state index contributed by atoms with van der Waals surface area (Å²) in [5, 5.41) is 22.4. The Balaban J connectivity index is 1.49. The lowest BCUT2D eigenvalue weighted by Crippen LogP contribution is -2.40. The van der Waals surface area contributed by atoms with Crippen molar-refractivity contribution in [2.24, 2.45) is 17.8 Å². The third kappa shape index (κ3) is 8.65. The normalized spacial score (nSPS) is 35.4. The average molecular weight is 596 g/mol. The lowest BCUT2D eigenvalue weighted by atomic mass is 9.85. The zero-order chi connectivity index (χ0) is 31.3. The molecule has 2 bridgehead atoms. The second kappa shape index (κ2) is 14.0. The number of cyclic esters (lactones) is 1.